The van der Waals surface area contributed by atoms with Gasteiger partial charge in [0.1, 0.15) is 0 Å². The molecule has 0 atom stereocenters. The molecule has 0 aromatic heterocycles. The van der Waals surface area contributed by atoms with Crippen LogP contribution in [-0.4, -0.2) is 12.6 Å². The fourth-order valence-electron chi connectivity index (χ4n) is 1.22. The van der Waals surface area contributed by atoms with E-state index < -0.39 is 0 Å². The Morgan fingerprint density at radius 1 is 1.33 bits per heavy atom. The van der Waals surface area contributed by atoms with Gasteiger partial charge in [0, 0.05) is 4.47 Å². The summed E-state index contributed by atoms with van der Waals surface area (Å²) in [5.41, 5.74) is 0.592. The Labute approximate surface area is 98.8 Å². The minimum Gasteiger partial charge on any atom is -0.462 e. The van der Waals surface area contributed by atoms with E-state index in [1.807, 2.05) is 18.2 Å². The summed E-state index contributed by atoms with van der Waals surface area (Å²) in [5, 5.41) is 0. The van der Waals surface area contributed by atoms with Crippen molar-refractivity contribution in [1.82, 2.24) is 0 Å². The van der Waals surface area contributed by atoms with Gasteiger partial charge >= 0.3 is 5.97 Å². The third kappa shape index (κ3) is 4.04. The lowest BCUT2D eigenvalue weighted by atomic mass is 10.2. The van der Waals surface area contributed by atoms with Gasteiger partial charge in [-0.2, -0.15) is 0 Å². The molecule has 1 rings (SSSR count). The number of rotatable bonds is 5. The zero-order valence-corrected chi connectivity index (χ0v) is 10.4. The highest BCUT2D eigenvalue weighted by Crippen LogP contribution is 2.16. The lowest BCUT2D eigenvalue weighted by Gasteiger charge is -2.05. The second kappa shape index (κ2) is 6.62. The maximum absolute atomic E-state index is 11.6. The van der Waals surface area contributed by atoms with Crippen LogP contribution in [0.4, 0.5) is 0 Å². The summed E-state index contributed by atoms with van der Waals surface area (Å²) >= 11 is 3.32. The number of carbonyl (C=O) groups excluding carboxylic acids is 1. The summed E-state index contributed by atoms with van der Waals surface area (Å²) in [7, 11) is 0. The Hall–Kier alpha value is -0.830. The highest BCUT2D eigenvalue weighted by molar-refractivity contribution is 9.10. The molecule has 0 amide bonds. The molecule has 0 heterocycles. The van der Waals surface area contributed by atoms with Crippen molar-refractivity contribution in [3.8, 4) is 0 Å². The van der Waals surface area contributed by atoms with Gasteiger partial charge in [0.2, 0.25) is 0 Å². The highest BCUT2D eigenvalue weighted by Gasteiger charge is 2.09. The Morgan fingerprint density at radius 2 is 2.07 bits per heavy atom. The van der Waals surface area contributed by atoms with Crippen LogP contribution in [0.15, 0.2) is 28.7 Å². The molecule has 15 heavy (non-hydrogen) atoms. The minimum atomic E-state index is -0.251. The Morgan fingerprint density at radius 3 is 2.73 bits per heavy atom. The van der Waals surface area contributed by atoms with Crippen molar-refractivity contribution in [2.75, 3.05) is 6.61 Å². The molecule has 0 spiro atoms. The number of carbonyl (C=O) groups is 1. The summed E-state index contributed by atoms with van der Waals surface area (Å²) in [5.74, 6) is -0.251. The smallest absolute Gasteiger partial charge is 0.339 e. The predicted molar refractivity (Wildman–Crippen MR) is 63.9 cm³/mol. The van der Waals surface area contributed by atoms with Crippen LogP contribution < -0.4 is 0 Å². The summed E-state index contributed by atoms with van der Waals surface area (Å²) < 4.78 is 5.92. The molecule has 2 nitrogen and oxygen atoms in total. The van der Waals surface area contributed by atoms with Gasteiger partial charge in [0.15, 0.2) is 0 Å². The Kier molecular flexibility index (Phi) is 5.40. The zero-order chi connectivity index (χ0) is 11.1. The van der Waals surface area contributed by atoms with E-state index in [0.717, 1.165) is 23.7 Å². The third-order valence-corrected chi connectivity index (χ3v) is 2.77. The second-order valence-corrected chi connectivity index (χ2v) is 4.18. The maximum atomic E-state index is 11.6. The first-order chi connectivity index (χ1) is 7.25. The third-order valence-electron chi connectivity index (χ3n) is 2.07. The first-order valence-electron chi connectivity index (χ1n) is 5.17. The number of benzene rings is 1. The highest BCUT2D eigenvalue weighted by atomic mass is 79.9. The molecule has 0 saturated carbocycles. The quantitative estimate of drug-likeness (QED) is 0.601. The first kappa shape index (κ1) is 12.2. The molecule has 0 aliphatic heterocycles. The van der Waals surface area contributed by atoms with Crippen LogP contribution in [0.2, 0.25) is 0 Å². The predicted octanol–water partition coefficient (Wildman–Crippen LogP) is 3.80. The molecule has 0 radical (unpaired) electrons. The van der Waals surface area contributed by atoms with Crippen molar-refractivity contribution in [2.24, 2.45) is 0 Å². The van der Waals surface area contributed by atoms with E-state index in [2.05, 4.69) is 22.9 Å². The number of unbranched alkanes of at least 4 members (excludes halogenated alkanes) is 2. The lowest BCUT2D eigenvalue weighted by molar-refractivity contribution is 0.0497. The molecule has 1 aromatic rings. The molecule has 0 aliphatic rings. The number of hydrogen-bond acceptors (Lipinski definition) is 2. The molecule has 0 saturated heterocycles. The average molecular weight is 271 g/mol. The van der Waals surface area contributed by atoms with Gasteiger partial charge in [-0.1, -0.05) is 31.9 Å². The summed E-state index contributed by atoms with van der Waals surface area (Å²) in [6, 6.07) is 7.29. The number of halogens is 1. The van der Waals surface area contributed by atoms with Crippen molar-refractivity contribution >= 4 is 21.9 Å². The van der Waals surface area contributed by atoms with Crippen molar-refractivity contribution in [3.63, 3.8) is 0 Å². The summed E-state index contributed by atoms with van der Waals surface area (Å²) in [6.07, 6.45) is 3.17. The average Bonchev–Trinajstić information content (AvgIpc) is 2.25. The van der Waals surface area contributed by atoms with Crippen LogP contribution in [0.5, 0.6) is 0 Å². The van der Waals surface area contributed by atoms with Gasteiger partial charge in [-0.15, -0.1) is 0 Å². The Balaban J connectivity index is 2.44. The van der Waals surface area contributed by atoms with E-state index in [-0.39, 0.29) is 5.97 Å². The van der Waals surface area contributed by atoms with E-state index in [9.17, 15) is 4.79 Å². The molecule has 0 fully saturated rings. The topological polar surface area (TPSA) is 26.3 Å². The first-order valence-corrected chi connectivity index (χ1v) is 5.96. The standard InChI is InChI=1S/C12H15BrO2/c1-2-3-6-9-15-12(14)10-7-4-5-8-11(10)13/h4-5,7-8H,2-3,6,9H2,1H3. The molecule has 1 aromatic carbocycles. The van der Waals surface area contributed by atoms with Crippen molar-refractivity contribution in [3.05, 3.63) is 34.3 Å². The van der Waals surface area contributed by atoms with Gasteiger partial charge in [-0.3, -0.25) is 0 Å². The van der Waals surface area contributed by atoms with E-state index in [0.29, 0.717) is 12.2 Å². The Bertz CT molecular complexity index is 323. The van der Waals surface area contributed by atoms with E-state index >= 15 is 0 Å². The van der Waals surface area contributed by atoms with Crippen molar-refractivity contribution in [2.45, 2.75) is 26.2 Å². The lowest BCUT2D eigenvalue weighted by Crippen LogP contribution is -2.06. The van der Waals surface area contributed by atoms with Crippen molar-refractivity contribution in [1.29, 1.82) is 0 Å². The number of esters is 1. The maximum Gasteiger partial charge on any atom is 0.339 e. The van der Waals surface area contributed by atoms with Crippen LogP contribution in [0.25, 0.3) is 0 Å². The van der Waals surface area contributed by atoms with Crippen LogP contribution in [0.3, 0.4) is 0 Å². The summed E-state index contributed by atoms with van der Waals surface area (Å²) in [6.45, 7) is 2.63. The SMILES string of the molecule is CCCCCOC(=O)c1ccccc1Br. The van der Waals surface area contributed by atoms with Crippen LogP contribution in [0, 0.1) is 0 Å². The zero-order valence-electron chi connectivity index (χ0n) is 8.83. The van der Waals surface area contributed by atoms with Gasteiger partial charge in [-0.05, 0) is 34.5 Å². The van der Waals surface area contributed by atoms with Gasteiger partial charge in [0.25, 0.3) is 0 Å². The second-order valence-electron chi connectivity index (χ2n) is 3.32. The van der Waals surface area contributed by atoms with E-state index in [1.165, 1.54) is 0 Å². The molecule has 0 unspecified atom stereocenters. The van der Waals surface area contributed by atoms with E-state index in [1.54, 1.807) is 6.07 Å². The minimum absolute atomic E-state index is 0.251. The largest absolute Gasteiger partial charge is 0.462 e. The fourth-order valence-corrected chi connectivity index (χ4v) is 1.67. The van der Waals surface area contributed by atoms with Gasteiger partial charge < -0.3 is 4.74 Å². The molecule has 82 valence electrons. The van der Waals surface area contributed by atoms with Crippen LogP contribution in [0.1, 0.15) is 36.5 Å². The number of ether oxygens (including phenoxy) is 1. The van der Waals surface area contributed by atoms with Gasteiger partial charge in [0.05, 0.1) is 12.2 Å². The van der Waals surface area contributed by atoms with Gasteiger partial charge in [-0.25, -0.2) is 4.79 Å². The fraction of sp³-hybridized carbons (Fsp3) is 0.417. The normalized spacial score (nSPS) is 10.0. The van der Waals surface area contributed by atoms with E-state index in [4.69, 9.17) is 4.74 Å². The molecule has 0 N–H and O–H groups in total. The summed E-state index contributed by atoms with van der Waals surface area (Å²) in [4.78, 5) is 11.6. The molecular formula is C12H15BrO2. The monoisotopic (exact) mass is 270 g/mol. The molecule has 0 aliphatic carbocycles. The number of hydrogen-bond donors (Lipinski definition) is 0. The molecule has 0 bridgehead atoms. The molecule has 3 heteroatoms. The van der Waals surface area contributed by atoms with Crippen LogP contribution >= 0.6 is 15.9 Å². The molecular weight excluding hydrogens is 256 g/mol. The van der Waals surface area contributed by atoms with Crippen LogP contribution in [-0.2, 0) is 4.74 Å². The van der Waals surface area contributed by atoms with Crippen molar-refractivity contribution < 1.29 is 9.53 Å².